The van der Waals surface area contributed by atoms with E-state index in [4.69, 9.17) is 0 Å². The highest BCUT2D eigenvalue weighted by Crippen LogP contribution is 2.19. The second-order valence-electron chi connectivity index (χ2n) is 5.60. The van der Waals surface area contributed by atoms with E-state index in [0.717, 1.165) is 12.6 Å². The average Bonchev–Trinajstić information content (AvgIpc) is 2.85. The first-order valence-corrected chi connectivity index (χ1v) is 6.95. The zero-order valence-corrected chi connectivity index (χ0v) is 10.9. The topological polar surface area (TPSA) is 18.5 Å². The van der Waals surface area contributed by atoms with Gasteiger partial charge in [0.25, 0.3) is 0 Å². The van der Waals surface area contributed by atoms with E-state index in [2.05, 4.69) is 29.0 Å². The molecule has 0 amide bonds. The molecular formula is C13H27N3. The largest absolute Gasteiger partial charge is 0.313 e. The smallest absolute Gasteiger partial charge is 0.0235 e. The van der Waals surface area contributed by atoms with Crippen molar-refractivity contribution in [3.8, 4) is 0 Å². The Morgan fingerprint density at radius 2 is 1.94 bits per heavy atom. The molecule has 0 radical (unpaired) electrons. The van der Waals surface area contributed by atoms with E-state index in [9.17, 15) is 0 Å². The Labute approximate surface area is 100 Å². The van der Waals surface area contributed by atoms with Crippen molar-refractivity contribution in [2.45, 2.75) is 45.2 Å². The average molecular weight is 225 g/mol. The van der Waals surface area contributed by atoms with Crippen LogP contribution in [0.25, 0.3) is 0 Å². The van der Waals surface area contributed by atoms with Crippen LogP contribution in [-0.4, -0.2) is 61.2 Å². The van der Waals surface area contributed by atoms with Crippen LogP contribution in [0.4, 0.5) is 0 Å². The van der Waals surface area contributed by atoms with Crippen LogP contribution in [0.5, 0.6) is 0 Å². The summed E-state index contributed by atoms with van der Waals surface area (Å²) in [7, 11) is 0. The van der Waals surface area contributed by atoms with Gasteiger partial charge in [-0.2, -0.15) is 0 Å². The minimum Gasteiger partial charge on any atom is -0.313 e. The molecule has 0 aromatic rings. The summed E-state index contributed by atoms with van der Waals surface area (Å²) in [6, 6.07) is 1.48. The Bertz CT molecular complexity index is 199. The van der Waals surface area contributed by atoms with Crippen molar-refractivity contribution in [2.75, 3.05) is 39.3 Å². The standard InChI is InChI=1S/C13H27N3/c1-12(2)14-6-10-15-9-5-13(11-15)16-7-3-4-8-16/h12-14H,3-11H2,1-2H3. The van der Waals surface area contributed by atoms with Gasteiger partial charge in [-0.25, -0.2) is 0 Å². The number of rotatable bonds is 5. The molecule has 2 saturated heterocycles. The van der Waals surface area contributed by atoms with Crippen molar-refractivity contribution in [3.63, 3.8) is 0 Å². The number of hydrogen-bond acceptors (Lipinski definition) is 3. The third-order valence-electron chi connectivity index (χ3n) is 3.89. The number of likely N-dealkylation sites (tertiary alicyclic amines) is 2. The highest BCUT2D eigenvalue weighted by atomic mass is 15.3. The summed E-state index contributed by atoms with van der Waals surface area (Å²) in [5.74, 6) is 0. The molecule has 0 bridgehead atoms. The number of nitrogens with zero attached hydrogens (tertiary/aromatic N) is 2. The van der Waals surface area contributed by atoms with Crippen LogP contribution in [0.15, 0.2) is 0 Å². The first-order valence-electron chi connectivity index (χ1n) is 6.95. The molecule has 0 aliphatic carbocycles. The Morgan fingerprint density at radius 1 is 1.19 bits per heavy atom. The summed E-state index contributed by atoms with van der Waals surface area (Å²) in [6.07, 6.45) is 4.23. The third-order valence-corrected chi connectivity index (χ3v) is 3.89. The molecule has 3 heteroatoms. The molecule has 0 aromatic heterocycles. The van der Waals surface area contributed by atoms with E-state index in [1.165, 1.54) is 52.0 Å². The van der Waals surface area contributed by atoms with E-state index >= 15 is 0 Å². The predicted molar refractivity (Wildman–Crippen MR) is 68.8 cm³/mol. The van der Waals surface area contributed by atoms with Gasteiger partial charge in [0.05, 0.1) is 0 Å². The number of nitrogens with one attached hydrogen (secondary N) is 1. The van der Waals surface area contributed by atoms with E-state index < -0.39 is 0 Å². The van der Waals surface area contributed by atoms with Gasteiger partial charge in [-0.15, -0.1) is 0 Å². The third kappa shape index (κ3) is 3.44. The van der Waals surface area contributed by atoms with Crippen LogP contribution in [0, 0.1) is 0 Å². The fourth-order valence-electron chi connectivity index (χ4n) is 2.93. The van der Waals surface area contributed by atoms with Gasteiger partial charge in [0, 0.05) is 31.7 Å². The molecule has 1 N–H and O–H groups in total. The van der Waals surface area contributed by atoms with Crippen molar-refractivity contribution in [1.29, 1.82) is 0 Å². The van der Waals surface area contributed by atoms with Crippen molar-refractivity contribution >= 4 is 0 Å². The highest BCUT2D eigenvalue weighted by molar-refractivity contribution is 4.85. The van der Waals surface area contributed by atoms with Gasteiger partial charge in [-0.1, -0.05) is 13.8 Å². The molecule has 2 rings (SSSR count). The monoisotopic (exact) mass is 225 g/mol. The minimum atomic E-state index is 0.622. The summed E-state index contributed by atoms with van der Waals surface area (Å²) in [5, 5.41) is 3.50. The minimum absolute atomic E-state index is 0.622. The van der Waals surface area contributed by atoms with Crippen LogP contribution in [0.3, 0.4) is 0 Å². The molecule has 2 aliphatic rings. The molecule has 94 valence electrons. The van der Waals surface area contributed by atoms with Gasteiger partial charge in [-0.3, -0.25) is 4.90 Å². The van der Waals surface area contributed by atoms with E-state index in [-0.39, 0.29) is 0 Å². The van der Waals surface area contributed by atoms with Crippen LogP contribution in [-0.2, 0) is 0 Å². The highest BCUT2D eigenvalue weighted by Gasteiger charge is 2.28. The lowest BCUT2D eigenvalue weighted by Gasteiger charge is -2.23. The van der Waals surface area contributed by atoms with E-state index in [1.54, 1.807) is 0 Å². The molecule has 0 spiro atoms. The SMILES string of the molecule is CC(C)NCCN1CCC(N2CCCC2)C1. The van der Waals surface area contributed by atoms with Gasteiger partial charge in [0.2, 0.25) is 0 Å². The zero-order chi connectivity index (χ0) is 11.4. The predicted octanol–water partition coefficient (Wildman–Crippen LogP) is 1.15. The van der Waals surface area contributed by atoms with Gasteiger partial charge < -0.3 is 10.2 Å². The number of hydrogen-bond donors (Lipinski definition) is 1. The maximum atomic E-state index is 3.50. The fourth-order valence-corrected chi connectivity index (χ4v) is 2.93. The van der Waals surface area contributed by atoms with Gasteiger partial charge in [0.1, 0.15) is 0 Å². The summed E-state index contributed by atoms with van der Waals surface area (Å²) >= 11 is 0. The molecule has 2 aliphatic heterocycles. The Hall–Kier alpha value is -0.120. The molecular weight excluding hydrogens is 198 g/mol. The first kappa shape index (κ1) is 12.3. The quantitative estimate of drug-likeness (QED) is 0.757. The second-order valence-corrected chi connectivity index (χ2v) is 5.60. The van der Waals surface area contributed by atoms with Crippen LogP contribution in [0.2, 0.25) is 0 Å². The Kier molecular flexibility index (Phi) is 4.62. The lowest BCUT2D eigenvalue weighted by atomic mass is 10.2. The van der Waals surface area contributed by atoms with Gasteiger partial charge >= 0.3 is 0 Å². The molecule has 16 heavy (non-hydrogen) atoms. The lowest BCUT2D eigenvalue weighted by Crippen LogP contribution is -2.38. The molecule has 1 unspecified atom stereocenters. The summed E-state index contributed by atoms with van der Waals surface area (Å²) in [5.41, 5.74) is 0. The van der Waals surface area contributed by atoms with Gasteiger partial charge in [0.15, 0.2) is 0 Å². The first-order chi connectivity index (χ1) is 7.75. The maximum Gasteiger partial charge on any atom is 0.0235 e. The molecule has 0 saturated carbocycles. The normalized spacial score (nSPS) is 28.3. The van der Waals surface area contributed by atoms with Crippen molar-refractivity contribution < 1.29 is 0 Å². The zero-order valence-electron chi connectivity index (χ0n) is 10.9. The summed E-state index contributed by atoms with van der Waals surface area (Å²) in [4.78, 5) is 5.33. The lowest BCUT2D eigenvalue weighted by molar-refractivity contribution is 0.232. The van der Waals surface area contributed by atoms with Crippen LogP contribution in [0.1, 0.15) is 33.1 Å². The molecule has 2 heterocycles. The fraction of sp³-hybridized carbons (Fsp3) is 1.00. The summed E-state index contributed by atoms with van der Waals surface area (Å²) < 4.78 is 0. The maximum absolute atomic E-state index is 3.50. The van der Waals surface area contributed by atoms with Crippen molar-refractivity contribution in [1.82, 2.24) is 15.1 Å². The van der Waals surface area contributed by atoms with Crippen molar-refractivity contribution in [3.05, 3.63) is 0 Å². The molecule has 2 fully saturated rings. The molecule has 1 atom stereocenters. The van der Waals surface area contributed by atoms with Crippen molar-refractivity contribution in [2.24, 2.45) is 0 Å². The summed E-state index contributed by atoms with van der Waals surface area (Å²) in [6.45, 7) is 12.1. The van der Waals surface area contributed by atoms with Crippen LogP contribution >= 0.6 is 0 Å². The Balaban J connectivity index is 1.63. The van der Waals surface area contributed by atoms with E-state index in [0.29, 0.717) is 6.04 Å². The second kappa shape index (κ2) is 5.99. The molecule has 3 nitrogen and oxygen atoms in total. The van der Waals surface area contributed by atoms with Crippen LogP contribution < -0.4 is 5.32 Å². The molecule has 0 aromatic carbocycles. The van der Waals surface area contributed by atoms with Gasteiger partial charge in [-0.05, 0) is 38.9 Å². The van der Waals surface area contributed by atoms with E-state index in [1.807, 2.05) is 0 Å². The Morgan fingerprint density at radius 3 is 2.62 bits per heavy atom.